The second-order valence-electron chi connectivity index (χ2n) is 6.27. The van der Waals surface area contributed by atoms with Crippen LogP contribution in [0.3, 0.4) is 0 Å². The van der Waals surface area contributed by atoms with Gasteiger partial charge in [-0.25, -0.2) is 0 Å². The van der Waals surface area contributed by atoms with E-state index in [1.807, 2.05) is 29.2 Å². The summed E-state index contributed by atoms with van der Waals surface area (Å²) in [6.07, 6.45) is 0.665. The van der Waals surface area contributed by atoms with Gasteiger partial charge in [0.2, 0.25) is 5.91 Å². The van der Waals surface area contributed by atoms with Crippen molar-refractivity contribution in [2.75, 3.05) is 31.1 Å². The van der Waals surface area contributed by atoms with Gasteiger partial charge in [-0.3, -0.25) is 4.79 Å². The number of hydrogen-bond acceptors (Lipinski definition) is 2. The normalized spacial score (nSPS) is 17.2. The summed E-state index contributed by atoms with van der Waals surface area (Å²) in [4.78, 5) is 16.6. The van der Waals surface area contributed by atoms with Crippen LogP contribution in [0.4, 0.5) is 5.69 Å². The van der Waals surface area contributed by atoms with Crippen LogP contribution < -0.4 is 4.90 Å². The first kappa shape index (κ1) is 16.2. The fraction of sp³-hybridized carbons (Fsp3) is 0.588. The van der Waals surface area contributed by atoms with Crippen molar-refractivity contribution in [2.24, 2.45) is 11.8 Å². The maximum Gasteiger partial charge on any atom is 0.222 e. The molecule has 2 rings (SSSR count). The summed E-state index contributed by atoms with van der Waals surface area (Å²) in [5.41, 5.74) is 1.18. The van der Waals surface area contributed by atoms with Crippen molar-refractivity contribution in [3.05, 3.63) is 29.3 Å². The molecule has 1 fully saturated rings. The van der Waals surface area contributed by atoms with E-state index in [4.69, 9.17) is 11.6 Å². The van der Waals surface area contributed by atoms with Gasteiger partial charge in [0.05, 0.1) is 0 Å². The van der Waals surface area contributed by atoms with Crippen LogP contribution in [0.25, 0.3) is 0 Å². The van der Waals surface area contributed by atoms with Crippen molar-refractivity contribution < 1.29 is 4.79 Å². The number of nitrogens with zero attached hydrogens (tertiary/aromatic N) is 2. The Labute approximate surface area is 132 Å². The summed E-state index contributed by atoms with van der Waals surface area (Å²) in [6.45, 7) is 9.92. The Morgan fingerprint density at radius 2 is 1.67 bits per heavy atom. The minimum Gasteiger partial charge on any atom is -0.368 e. The molecule has 1 atom stereocenters. The SMILES string of the molecule is CC(C)C(C)CC(=O)N1CCN(c2ccc(Cl)cc2)CC1. The van der Waals surface area contributed by atoms with E-state index in [1.54, 1.807) is 0 Å². The van der Waals surface area contributed by atoms with Gasteiger partial charge in [0.1, 0.15) is 0 Å². The maximum absolute atomic E-state index is 12.3. The van der Waals surface area contributed by atoms with Gasteiger partial charge in [0.25, 0.3) is 0 Å². The number of piperazine rings is 1. The van der Waals surface area contributed by atoms with Gasteiger partial charge in [-0.15, -0.1) is 0 Å². The highest BCUT2D eigenvalue weighted by Gasteiger charge is 2.23. The number of rotatable bonds is 4. The van der Waals surface area contributed by atoms with Crippen LogP contribution in [0, 0.1) is 11.8 Å². The summed E-state index contributed by atoms with van der Waals surface area (Å²) in [5.74, 6) is 1.31. The lowest BCUT2D eigenvalue weighted by molar-refractivity contribution is -0.132. The van der Waals surface area contributed by atoms with E-state index in [0.29, 0.717) is 24.2 Å². The molecule has 1 unspecified atom stereocenters. The molecule has 0 bridgehead atoms. The van der Waals surface area contributed by atoms with Crippen LogP contribution in [0.15, 0.2) is 24.3 Å². The average molecular weight is 309 g/mol. The van der Waals surface area contributed by atoms with Gasteiger partial charge < -0.3 is 9.80 Å². The quantitative estimate of drug-likeness (QED) is 0.847. The number of benzene rings is 1. The van der Waals surface area contributed by atoms with Gasteiger partial charge in [-0.2, -0.15) is 0 Å². The molecule has 0 saturated carbocycles. The number of amides is 1. The molecule has 1 aliphatic heterocycles. The van der Waals surface area contributed by atoms with E-state index in [9.17, 15) is 4.79 Å². The van der Waals surface area contributed by atoms with Gasteiger partial charge in [-0.05, 0) is 36.1 Å². The molecule has 3 nitrogen and oxygen atoms in total. The molecule has 1 aromatic carbocycles. The first-order valence-corrected chi connectivity index (χ1v) is 8.13. The van der Waals surface area contributed by atoms with Crippen molar-refractivity contribution in [2.45, 2.75) is 27.2 Å². The van der Waals surface area contributed by atoms with E-state index >= 15 is 0 Å². The zero-order chi connectivity index (χ0) is 15.4. The summed E-state index contributed by atoms with van der Waals surface area (Å²) in [5, 5.41) is 0.759. The highest BCUT2D eigenvalue weighted by atomic mass is 35.5. The second-order valence-corrected chi connectivity index (χ2v) is 6.71. The van der Waals surface area contributed by atoms with Crippen LogP contribution >= 0.6 is 11.6 Å². The Bertz CT molecular complexity index is 464. The molecule has 0 radical (unpaired) electrons. The number of halogens is 1. The topological polar surface area (TPSA) is 23.6 Å². The molecule has 1 saturated heterocycles. The third-order valence-electron chi connectivity index (χ3n) is 4.46. The Morgan fingerprint density at radius 3 is 2.19 bits per heavy atom. The third kappa shape index (κ3) is 4.37. The predicted molar refractivity (Wildman–Crippen MR) is 88.9 cm³/mol. The maximum atomic E-state index is 12.3. The number of carbonyl (C=O) groups excluding carboxylic acids is 1. The summed E-state index contributed by atoms with van der Waals surface area (Å²) < 4.78 is 0. The molecule has 0 N–H and O–H groups in total. The number of anilines is 1. The Balaban J connectivity index is 1.85. The van der Waals surface area contributed by atoms with E-state index in [2.05, 4.69) is 25.7 Å². The minimum absolute atomic E-state index is 0.298. The highest BCUT2D eigenvalue weighted by molar-refractivity contribution is 6.30. The minimum atomic E-state index is 0.298. The van der Waals surface area contributed by atoms with E-state index in [0.717, 1.165) is 31.2 Å². The average Bonchev–Trinajstić information content (AvgIpc) is 2.48. The standard InChI is InChI=1S/C17H25ClN2O/c1-13(2)14(3)12-17(21)20-10-8-19(9-11-20)16-6-4-15(18)5-7-16/h4-7,13-14H,8-12H2,1-3H3. The highest BCUT2D eigenvalue weighted by Crippen LogP contribution is 2.21. The van der Waals surface area contributed by atoms with Crippen LogP contribution in [0.5, 0.6) is 0 Å². The second kappa shape index (κ2) is 7.17. The molecular weight excluding hydrogens is 284 g/mol. The predicted octanol–water partition coefficient (Wildman–Crippen LogP) is 3.67. The lowest BCUT2D eigenvalue weighted by Crippen LogP contribution is -2.49. The Hall–Kier alpha value is -1.22. The molecule has 1 amide bonds. The molecule has 0 aromatic heterocycles. The monoisotopic (exact) mass is 308 g/mol. The van der Waals surface area contributed by atoms with Crippen molar-refractivity contribution in [3.63, 3.8) is 0 Å². The van der Waals surface area contributed by atoms with E-state index in [-0.39, 0.29) is 0 Å². The molecule has 1 heterocycles. The van der Waals surface area contributed by atoms with Gasteiger partial charge in [-0.1, -0.05) is 32.4 Å². The van der Waals surface area contributed by atoms with Crippen molar-refractivity contribution in [1.82, 2.24) is 4.90 Å². The first-order chi connectivity index (χ1) is 9.97. The Morgan fingerprint density at radius 1 is 1.10 bits per heavy atom. The molecule has 1 aliphatic rings. The van der Waals surface area contributed by atoms with Crippen molar-refractivity contribution >= 4 is 23.2 Å². The van der Waals surface area contributed by atoms with Gasteiger partial charge >= 0.3 is 0 Å². The van der Waals surface area contributed by atoms with Gasteiger partial charge in [0, 0.05) is 43.3 Å². The summed E-state index contributed by atoms with van der Waals surface area (Å²) in [6, 6.07) is 7.92. The fourth-order valence-electron chi connectivity index (χ4n) is 2.51. The van der Waals surface area contributed by atoms with Gasteiger partial charge in [0.15, 0.2) is 0 Å². The van der Waals surface area contributed by atoms with Crippen LogP contribution in [0.2, 0.25) is 5.02 Å². The number of hydrogen-bond donors (Lipinski definition) is 0. The van der Waals surface area contributed by atoms with Crippen molar-refractivity contribution in [3.8, 4) is 0 Å². The van der Waals surface area contributed by atoms with Crippen LogP contribution in [0.1, 0.15) is 27.2 Å². The van der Waals surface area contributed by atoms with Crippen LogP contribution in [-0.2, 0) is 4.79 Å². The molecule has 1 aromatic rings. The lowest BCUT2D eigenvalue weighted by Gasteiger charge is -2.36. The molecule has 0 aliphatic carbocycles. The molecule has 116 valence electrons. The van der Waals surface area contributed by atoms with Crippen LogP contribution in [-0.4, -0.2) is 37.0 Å². The van der Waals surface area contributed by atoms with Crippen molar-refractivity contribution in [1.29, 1.82) is 0 Å². The zero-order valence-corrected chi connectivity index (χ0v) is 13.9. The first-order valence-electron chi connectivity index (χ1n) is 7.75. The molecule has 0 spiro atoms. The number of carbonyl (C=O) groups is 1. The fourth-order valence-corrected chi connectivity index (χ4v) is 2.63. The lowest BCUT2D eigenvalue weighted by atomic mass is 9.94. The summed E-state index contributed by atoms with van der Waals surface area (Å²) >= 11 is 5.92. The van der Waals surface area contributed by atoms with E-state index < -0.39 is 0 Å². The third-order valence-corrected chi connectivity index (χ3v) is 4.71. The molecular formula is C17H25ClN2O. The van der Waals surface area contributed by atoms with E-state index in [1.165, 1.54) is 5.69 Å². The molecule has 21 heavy (non-hydrogen) atoms. The Kier molecular flexibility index (Phi) is 5.51. The smallest absolute Gasteiger partial charge is 0.222 e. The zero-order valence-electron chi connectivity index (χ0n) is 13.2. The largest absolute Gasteiger partial charge is 0.368 e. The molecule has 4 heteroatoms. The summed E-state index contributed by atoms with van der Waals surface area (Å²) in [7, 11) is 0.